The van der Waals surface area contributed by atoms with Crippen molar-refractivity contribution in [2.24, 2.45) is 7.05 Å². The molecular formula is C15H17ClN4O. The fraction of sp³-hybridized carbons (Fsp3) is 0.333. The van der Waals surface area contributed by atoms with E-state index in [2.05, 4.69) is 17.0 Å². The molecule has 0 fully saturated rings. The summed E-state index contributed by atoms with van der Waals surface area (Å²) < 4.78 is 9.34. The largest absolute Gasteiger partial charge is 0.495 e. The third-order valence-corrected chi connectivity index (χ3v) is 3.79. The zero-order valence-electron chi connectivity index (χ0n) is 12.3. The zero-order chi connectivity index (χ0) is 15.0. The maximum atomic E-state index is 6.10. The third-order valence-electron chi connectivity index (χ3n) is 3.55. The number of hydrogen-bond donors (Lipinski definition) is 0. The number of aryl methyl sites for hydroxylation is 2. The van der Waals surface area contributed by atoms with Crippen molar-refractivity contribution < 1.29 is 4.74 Å². The molecule has 0 amide bonds. The van der Waals surface area contributed by atoms with E-state index in [4.69, 9.17) is 16.3 Å². The van der Waals surface area contributed by atoms with Crippen LogP contribution in [-0.2, 0) is 19.3 Å². The summed E-state index contributed by atoms with van der Waals surface area (Å²) in [5.74, 6) is 1.90. The van der Waals surface area contributed by atoms with Gasteiger partial charge in [-0.25, -0.2) is 9.67 Å². The Balaban J connectivity index is 2.38. The van der Waals surface area contributed by atoms with Gasteiger partial charge in [-0.05, 0) is 18.6 Å². The summed E-state index contributed by atoms with van der Waals surface area (Å²) in [4.78, 5) is 4.67. The number of ether oxygens (including phenoxy) is 1. The fourth-order valence-corrected chi connectivity index (χ4v) is 2.80. The molecule has 0 aliphatic heterocycles. The fourth-order valence-electron chi connectivity index (χ4n) is 2.62. The summed E-state index contributed by atoms with van der Waals surface area (Å²) in [5, 5.41) is 4.53. The molecule has 0 atom stereocenters. The van der Waals surface area contributed by atoms with E-state index in [1.165, 1.54) is 0 Å². The molecule has 0 bridgehead atoms. The van der Waals surface area contributed by atoms with Crippen LogP contribution < -0.4 is 4.74 Å². The van der Waals surface area contributed by atoms with Gasteiger partial charge >= 0.3 is 0 Å². The Morgan fingerprint density at radius 1 is 1.29 bits per heavy atom. The third kappa shape index (κ3) is 2.08. The van der Waals surface area contributed by atoms with E-state index in [-0.39, 0.29) is 0 Å². The molecule has 5 nitrogen and oxygen atoms in total. The van der Waals surface area contributed by atoms with Crippen LogP contribution in [0.5, 0.6) is 5.75 Å². The van der Waals surface area contributed by atoms with E-state index in [0.717, 1.165) is 40.5 Å². The normalized spacial score (nSPS) is 11.2. The molecule has 0 radical (unpaired) electrons. The van der Waals surface area contributed by atoms with E-state index in [0.29, 0.717) is 5.88 Å². The lowest BCUT2D eigenvalue weighted by Gasteiger charge is -2.12. The Morgan fingerprint density at radius 3 is 2.71 bits per heavy atom. The molecule has 0 saturated heterocycles. The van der Waals surface area contributed by atoms with Crippen LogP contribution in [-0.4, -0.2) is 26.4 Å². The van der Waals surface area contributed by atoms with Crippen molar-refractivity contribution in [1.29, 1.82) is 0 Å². The van der Waals surface area contributed by atoms with E-state index in [9.17, 15) is 0 Å². The van der Waals surface area contributed by atoms with Crippen molar-refractivity contribution in [3.05, 3.63) is 35.8 Å². The lowest BCUT2D eigenvalue weighted by molar-refractivity contribution is 0.412. The number of benzene rings is 1. The van der Waals surface area contributed by atoms with Gasteiger partial charge < -0.3 is 4.74 Å². The van der Waals surface area contributed by atoms with Gasteiger partial charge in [0.15, 0.2) is 5.65 Å². The Labute approximate surface area is 128 Å². The van der Waals surface area contributed by atoms with Gasteiger partial charge in [-0.2, -0.15) is 5.10 Å². The van der Waals surface area contributed by atoms with Gasteiger partial charge in [0.05, 0.1) is 24.4 Å². The monoisotopic (exact) mass is 304 g/mol. The first kappa shape index (κ1) is 13.9. The Kier molecular flexibility index (Phi) is 3.59. The number of hydrogen-bond acceptors (Lipinski definition) is 3. The molecule has 0 aliphatic carbocycles. The molecule has 0 N–H and O–H groups in total. The molecule has 0 aliphatic rings. The summed E-state index contributed by atoms with van der Waals surface area (Å²) in [6.07, 6.45) is 0.835. The molecular weight excluding hydrogens is 288 g/mol. The predicted molar refractivity (Wildman–Crippen MR) is 83.3 cm³/mol. The quantitative estimate of drug-likeness (QED) is 0.696. The van der Waals surface area contributed by atoms with E-state index in [1.807, 2.05) is 40.6 Å². The molecule has 21 heavy (non-hydrogen) atoms. The zero-order valence-corrected chi connectivity index (χ0v) is 13.1. The van der Waals surface area contributed by atoms with Crippen LogP contribution >= 0.6 is 11.6 Å². The first-order valence-corrected chi connectivity index (χ1v) is 7.37. The Hall–Kier alpha value is -2.01. The molecule has 6 heteroatoms. The first-order valence-electron chi connectivity index (χ1n) is 6.83. The van der Waals surface area contributed by atoms with Crippen LogP contribution in [0.15, 0.2) is 24.3 Å². The van der Waals surface area contributed by atoms with Gasteiger partial charge in [-0.15, -0.1) is 11.6 Å². The lowest BCUT2D eigenvalue weighted by Crippen LogP contribution is -2.05. The van der Waals surface area contributed by atoms with Gasteiger partial charge in [-0.1, -0.05) is 19.1 Å². The summed E-state index contributed by atoms with van der Waals surface area (Å²) in [7, 11) is 3.58. The van der Waals surface area contributed by atoms with Crippen LogP contribution in [0.3, 0.4) is 0 Å². The van der Waals surface area contributed by atoms with Crippen molar-refractivity contribution in [1.82, 2.24) is 19.3 Å². The van der Waals surface area contributed by atoms with Crippen molar-refractivity contribution >= 4 is 22.8 Å². The first-order chi connectivity index (χ1) is 10.2. The van der Waals surface area contributed by atoms with E-state index < -0.39 is 0 Å². The van der Waals surface area contributed by atoms with Gasteiger partial charge in [0, 0.05) is 7.05 Å². The highest BCUT2D eigenvalue weighted by atomic mass is 35.5. The second kappa shape index (κ2) is 5.41. The minimum atomic E-state index is 0.329. The van der Waals surface area contributed by atoms with Crippen molar-refractivity contribution in [2.45, 2.75) is 19.2 Å². The standard InChI is InChI=1S/C15H17ClN4O/c1-4-10-14-15(19(2)18-10)20(13(9-16)17-14)11-7-5-6-8-12(11)21-3/h5-8H,4,9H2,1-3H3. The Bertz CT molecular complexity index is 790. The molecule has 0 saturated carbocycles. The number of rotatable bonds is 4. The topological polar surface area (TPSA) is 44.9 Å². The van der Waals surface area contributed by atoms with Gasteiger partial charge in [0.1, 0.15) is 17.1 Å². The van der Waals surface area contributed by atoms with Crippen molar-refractivity contribution in [2.75, 3.05) is 7.11 Å². The minimum Gasteiger partial charge on any atom is -0.495 e. The summed E-state index contributed by atoms with van der Waals surface area (Å²) in [6.45, 7) is 2.07. The Morgan fingerprint density at radius 2 is 2.05 bits per heavy atom. The maximum Gasteiger partial charge on any atom is 0.163 e. The molecule has 2 aromatic heterocycles. The summed E-state index contributed by atoms with van der Waals surface area (Å²) in [5.41, 5.74) is 3.74. The molecule has 0 spiro atoms. The lowest BCUT2D eigenvalue weighted by atomic mass is 10.3. The van der Waals surface area contributed by atoms with Crippen LogP contribution in [0.2, 0.25) is 0 Å². The van der Waals surface area contributed by atoms with Crippen LogP contribution in [0.25, 0.3) is 16.9 Å². The predicted octanol–water partition coefficient (Wildman–Crippen LogP) is 3.07. The number of imidazole rings is 1. The molecule has 0 unspecified atom stereocenters. The number of aromatic nitrogens is 4. The number of methoxy groups -OCH3 is 1. The van der Waals surface area contributed by atoms with Crippen LogP contribution in [0.4, 0.5) is 0 Å². The van der Waals surface area contributed by atoms with Crippen molar-refractivity contribution in [3.63, 3.8) is 0 Å². The second-order valence-electron chi connectivity index (χ2n) is 4.76. The number of para-hydroxylation sites is 2. The molecule has 2 heterocycles. The molecule has 3 rings (SSSR count). The van der Waals surface area contributed by atoms with E-state index in [1.54, 1.807) is 7.11 Å². The van der Waals surface area contributed by atoms with Gasteiger partial charge in [-0.3, -0.25) is 4.57 Å². The van der Waals surface area contributed by atoms with Crippen molar-refractivity contribution in [3.8, 4) is 11.4 Å². The molecule has 1 aromatic carbocycles. The highest BCUT2D eigenvalue weighted by Crippen LogP contribution is 2.30. The maximum absolute atomic E-state index is 6.10. The van der Waals surface area contributed by atoms with Gasteiger partial charge in [0.25, 0.3) is 0 Å². The second-order valence-corrected chi connectivity index (χ2v) is 5.03. The smallest absolute Gasteiger partial charge is 0.163 e. The van der Waals surface area contributed by atoms with E-state index >= 15 is 0 Å². The minimum absolute atomic E-state index is 0.329. The van der Waals surface area contributed by atoms with Gasteiger partial charge in [0.2, 0.25) is 0 Å². The molecule has 110 valence electrons. The SMILES string of the molecule is CCc1nn(C)c2c1nc(CCl)n2-c1ccccc1OC. The highest BCUT2D eigenvalue weighted by Gasteiger charge is 2.20. The number of halogens is 1. The highest BCUT2D eigenvalue weighted by molar-refractivity contribution is 6.17. The van der Waals surface area contributed by atoms with Crippen LogP contribution in [0, 0.1) is 0 Å². The summed E-state index contributed by atoms with van der Waals surface area (Å²) >= 11 is 6.10. The summed E-state index contributed by atoms with van der Waals surface area (Å²) in [6, 6.07) is 7.83. The molecule has 3 aromatic rings. The van der Waals surface area contributed by atoms with Crippen LogP contribution in [0.1, 0.15) is 18.4 Å². The number of nitrogens with zero attached hydrogens (tertiary/aromatic N) is 4. The number of fused-ring (bicyclic) bond motifs is 1. The average molecular weight is 305 g/mol. The number of alkyl halides is 1. The average Bonchev–Trinajstić information content (AvgIpc) is 3.04.